The number of hydrogen-bond acceptors (Lipinski definition) is 20. The summed E-state index contributed by atoms with van der Waals surface area (Å²) in [5.74, 6) is -6.10. The third-order valence-corrected chi connectivity index (χ3v) is 18.7. The molecule has 23 nitrogen and oxygen atoms in total. The Labute approximate surface area is 562 Å². The van der Waals surface area contributed by atoms with Gasteiger partial charge in [-0.1, -0.05) is 237 Å². The predicted octanol–water partition coefficient (Wildman–Crippen LogP) is 7.62. The number of allylic oxidation sites excluding steroid dienone is 4. The highest BCUT2D eigenvalue weighted by Crippen LogP contribution is 2.39. The van der Waals surface area contributed by atoms with E-state index >= 15 is 0 Å². The van der Waals surface area contributed by atoms with E-state index in [0.29, 0.717) is 19.3 Å². The molecule has 3 aliphatic heterocycles. The van der Waals surface area contributed by atoms with Crippen molar-refractivity contribution in [3.63, 3.8) is 0 Å². The fourth-order valence-corrected chi connectivity index (χ4v) is 12.9. The molecule has 23 heteroatoms. The van der Waals surface area contributed by atoms with E-state index in [1.165, 1.54) is 154 Å². The summed E-state index contributed by atoms with van der Waals surface area (Å²) < 4.78 is 34.9. The number of aliphatic carboxylic acids is 1. The van der Waals surface area contributed by atoms with E-state index in [2.05, 4.69) is 48.8 Å². The third-order valence-electron chi connectivity index (χ3n) is 18.7. The summed E-state index contributed by atoms with van der Waals surface area (Å²) >= 11 is 0. The van der Waals surface area contributed by atoms with Gasteiger partial charge in [0.15, 0.2) is 12.6 Å². The number of aliphatic hydroxyl groups excluding tert-OH is 11. The highest BCUT2D eigenvalue weighted by molar-refractivity contribution is 5.77. The molecular formula is C71H130N2O21. The van der Waals surface area contributed by atoms with E-state index < -0.39 is 148 Å². The molecular weight excluding hydrogens is 1220 g/mol. The lowest BCUT2D eigenvalue weighted by molar-refractivity contribution is -0.386. The maximum Gasteiger partial charge on any atom is 0.364 e. The number of nitrogens with one attached hydrogen (secondary N) is 2. The number of carbonyl (C=O) groups is 3. The average molecular weight is 1350 g/mol. The summed E-state index contributed by atoms with van der Waals surface area (Å²) in [6.07, 6.45) is 23.1. The molecule has 3 fully saturated rings. The second kappa shape index (κ2) is 51.4. The Kier molecular flexibility index (Phi) is 46.7. The molecule has 0 aliphatic carbocycles. The molecule has 0 spiro atoms. The van der Waals surface area contributed by atoms with E-state index in [9.17, 15) is 75.7 Å². The molecule has 0 aromatic carbocycles. The normalized spacial score (nSPS) is 28.0. The van der Waals surface area contributed by atoms with Gasteiger partial charge in [0.2, 0.25) is 11.8 Å². The van der Waals surface area contributed by atoms with Gasteiger partial charge in [-0.25, -0.2) is 4.79 Å². The quantitative estimate of drug-likeness (QED) is 0.0205. The van der Waals surface area contributed by atoms with Crippen LogP contribution in [0.5, 0.6) is 0 Å². The Balaban J connectivity index is 1.56. The van der Waals surface area contributed by atoms with Gasteiger partial charge < -0.3 is 100 Å². The molecule has 18 unspecified atom stereocenters. The maximum absolute atomic E-state index is 13.5. The molecule has 18 atom stereocenters. The number of ether oxygens (including phenoxy) is 6. The predicted molar refractivity (Wildman–Crippen MR) is 357 cm³/mol. The molecule has 550 valence electrons. The highest BCUT2D eigenvalue weighted by atomic mass is 16.8. The van der Waals surface area contributed by atoms with Crippen molar-refractivity contribution in [1.29, 1.82) is 0 Å². The molecule has 0 bridgehead atoms. The molecule has 3 heterocycles. The first-order valence-corrected chi connectivity index (χ1v) is 36.7. The van der Waals surface area contributed by atoms with Gasteiger partial charge >= 0.3 is 5.97 Å². The first-order chi connectivity index (χ1) is 45.4. The summed E-state index contributed by atoms with van der Waals surface area (Å²) in [6, 6.07) is -2.53. The van der Waals surface area contributed by atoms with Crippen molar-refractivity contribution in [1.82, 2.24) is 10.6 Å². The van der Waals surface area contributed by atoms with E-state index in [-0.39, 0.29) is 18.9 Å². The average Bonchev–Trinajstić information content (AvgIpc) is 0.759. The van der Waals surface area contributed by atoms with Gasteiger partial charge in [0, 0.05) is 19.8 Å². The topological polar surface area (TPSA) is 373 Å². The van der Waals surface area contributed by atoms with Crippen LogP contribution in [-0.2, 0) is 42.8 Å². The molecule has 3 saturated heterocycles. The van der Waals surface area contributed by atoms with Crippen molar-refractivity contribution in [3.05, 3.63) is 24.3 Å². The fourth-order valence-electron chi connectivity index (χ4n) is 12.9. The number of aliphatic hydroxyl groups is 11. The minimum Gasteiger partial charge on any atom is -0.477 e. The number of hydrogen-bond donors (Lipinski definition) is 14. The van der Waals surface area contributed by atoms with Crippen LogP contribution in [0.3, 0.4) is 0 Å². The van der Waals surface area contributed by atoms with Crippen molar-refractivity contribution in [2.45, 2.75) is 381 Å². The van der Waals surface area contributed by atoms with E-state index in [0.717, 1.165) is 71.1 Å². The van der Waals surface area contributed by atoms with E-state index in [1.54, 1.807) is 0 Å². The first kappa shape index (κ1) is 85.4. The lowest BCUT2D eigenvalue weighted by Crippen LogP contribution is -2.70. The second-order valence-corrected chi connectivity index (χ2v) is 26.8. The third kappa shape index (κ3) is 32.9. The molecule has 3 rings (SSSR count). The molecule has 2 amide bonds. The van der Waals surface area contributed by atoms with Crippen LogP contribution >= 0.6 is 0 Å². The zero-order valence-electron chi connectivity index (χ0n) is 57.6. The smallest absolute Gasteiger partial charge is 0.364 e. The SMILES string of the molecule is CC/C=C\C/C=C\CCCCCCCCCCCCCCCCC(=O)NC(COC1OC(CO)C(OC2OC(CO)C(O)C(OC3(C(=O)O)CC(O)C(NC(C)=O)C(C(O)C(O)CO)O3)C2O)C(O)C1O)C(O)CCCCCCCCCCCCCCCCCCCCC. The number of amides is 2. The van der Waals surface area contributed by atoms with Crippen molar-refractivity contribution in [3.8, 4) is 0 Å². The van der Waals surface area contributed by atoms with Gasteiger partial charge in [-0.15, -0.1) is 0 Å². The zero-order valence-corrected chi connectivity index (χ0v) is 57.6. The minimum atomic E-state index is -3.08. The molecule has 0 saturated carbocycles. The van der Waals surface area contributed by atoms with Gasteiger partial charge in [-0.3, -0.25) is 9.59 Å². The van der Waals surface area contributed by atoms with Gasteiger partial charge in [0.1, 0.15) is 67.1 Å². The Morgan fingerprint density at radius 2 is 1.05 bits per heavy atom. The lowest BCUT2D eigenvalue weighted by Gasteiger charge is -2.50. The number of rotatable bonds is 56. The van der Waals surface area contributed by atoms with E-state index in [4.69, 9.17) is 28.4 Å². The Morgan fingerprint density at radius 1 is 0.564 bits per heavy atom. The summed E-state index contributed by atoms with van der Waals surface area (Å²) in [5.41, 5.74) is 0. The maximum atomic E-state index is 13.5. The standard InChI is InChI=1S/C71H130N2O21/c1-4-6-8-10-12-14-16-18-20-22-24-25-27-29-31-33-35-37-39-41-43-45-58(81)73-52(53(78)44-42-40-38-36-34-32-30-28-26-23-21-19-17-15-13-11-9-7-5-2)50-89-68-63(85)62(84)65(57(49-76)91-68)92-69-64(86)67(61(83)56(48-75)90-69)94-71(70(87)88)46-54(79)59(72-51(3)77)66(93-71)60(82)55(80)47-74/h6,8,12,14,52-57,59-69,74-76,78-80,82-86H,4-5,7,9-11,13,15-50H2,1-3H3,(H,72,77)(H,73,81)(H,87,88)/b8-6-,14-12-. The fraction of sp³-hybridized carbons (Fsp3) is 0.901. The van der Waals surface area contributed by atoms with Crippen LogP contribution in [0.2, 0.25) is 0 Å². The zero-order chi connectivity index (χ0) is 68.9. The van der Waals surface area contributed by atoms with Gasteiger partial charge in [-0.2, -0.15) is 0 Å². The number of carboxylic acid groups (broad SMARTS) is 1. The second-order valence-electron chi connectivity index (χ2n) is 26.8. The molecule has 0 aromatic rings. The Hall–Kier alpha value is -2.79. The lowest BCUT2D eigenvalue weighted by atomic mass is 9.88. The monoisotopic (exact) mass is 1350 g/mol. The highest BCUT2D eigenvalue weighted by Gasteiger charge is 2.60. The van der Waals surface area contributed by atoms with E-state index in [1.807, 2.05) is 0 Å². The summed E-state index contributed by atoms with van der Waals surface area (Å²) in [7, 11) is 0. The van der Waals surface area contributed by atoms with Crippen LogP contribution in [-0.4, -0.2) is 215 Å². The van der Waals surface area contributed by atoms with Crippen LogP contribution in [0, 0.1) is 0 Å². The summed E-state index contributed by atoms with van der Waals surface area (Å²) in [6.45, 7) is 2.13. The van der Waals surface area contributed by atoms with Crippen LogP contribution in [0.15, 0.2) is 24.3 Å². The molecule has 14 N–H and O–H groups in total. The molecule has 94 heavy (non-hydrogen) atoms. The number of carboxylic acids is 1. The molecule has 0 radical (unpaired) electrons. The van der Waals surface area contributed by atoms with Gasteiger partial charge in [0.05, 0.1) is 50.7 Å². The summed E-state index contributed by atoms with van der Waals surface area (Å²) in [4.78, 5) is 38.6. The van der Waals surface area contributed by atoms with Crippen LogP contribution in [0.1, 0.15) is 271 Å². The molecule has 0 aromatic heterocycles. The van der Waals surface area contributed by atoms with Crippen molar-refractivity contribution in [2.24, 2.45) is 0 Å². The summed E-state index contributed by atoms with van der Waals surface area (Å²) in [5, 5.41) is 136. The minimum absolute atomic E-state index is 0.224. The Morgan fingerprint density at radius 3 is 1.54 bits per heavy atom. The molecule has 3 aliphatic rings. The first-order valence-electron chi connectivity index (χ1n) is 36.7. The van der Waals surface area contributed by atoms with Crippen molar-refractivity contribution >= 4 is 17.8 Å². The van der Waals surface area contributed by atoms with Crippen LogP contribution in [0.25, 0.3) is 0 Å². The van der Waals surface area contributed by atoms with Crippen LogP contribution < -0.4 is 10.6 Å². The number of unbranched alkanes of at least 4 members (excludes halogenated alkanes) is 32. The largest absolute Gasteiger partial charge is 0.477 e. The van der Waals surface area contributed by atoms with Crippen molar-refractivity contribution < 1.29 is 104 Å². The van der Waals surface area contributed by atoms with Crippen molar-refractivity contribution in [2.75, 3.05) is 26.4 Å². The van der Waals surface area contributed by atoms with Crippen LogP contribution in [0.4, 0.5) is 0 Å². The Bertz CT molecular complexity index is 1990. The number of carbonyl (C=O) groups excluding carboxylic acids is 2. The van der Waals surface area contributed by atoms with Gasteiger partial charge in [0.25, 0.3) is 5.79 Å². The van der Waals surface area contributed by atoms with Gasteiger partial charge in [-0.05, 0) is 38.5 Å².